The number of anilines is 15. The largest absolute Gasteiger partial charge is 0.458 e. The molecule has 0 aliphatic carbocycles. The average molecular weight is 1230 g/mol. The lowest BCUT2D eigenvalue weighted by Crippen LogP contribution is -2.64. The van der Waals surface area contributed by atoms with E-state index in [0.29, 0.717) is 0 Å². The first-order valence-corrected chi connectivity index (χ1v) is 33.8. The van der Waals surface area contributed by atoms with Crippen molar-refractivity contribution in [3.05, 3.63) is 322 Å². The van der Waals surface area contributed by atoms with E-state index in [9.17, 15) is 0 Å². The van der Waals surface area contributed by atoms with Gasteiger partial charge in [-0.2, -0.15) is 0 Å². The van der Waals surface area contributed by atoms with E-state index >= 15 is 0 Å². The quantitative estimate of drug-likeness (QED) is 0.134. The average Bonchev–Trinajstić information content (AvgIpc) is 0.711. The molecule has 0 fully saturated rings. The van der Waals surface area contributed by atoms with Gasteiger partial charge in [-0.3, -0.25) is 0 Å². The van der Waals surface area contributed by atoms with Crippen LogP contribution in [0.15, 0.2) is 322 Å². The van der Waals surface area contributed by atoms with Gasteiger partial charge < -0.3 is 29.2 Å². The van der Waals surface area contributed by atoms with Crippen LogP contribution in [0.5, 0.6) is 11.5 Å². The highest BCUT2D eigenvalue weighted by atomic mass is 32.1. The molecular formula is C84H53B2N5OS2. The summed E-state index contributed by atoms with van der Waals surface area (Å²) in [6.07, 6.45) is 0. The molecule has 0 amide bonds. The summed E-state index contributed by atoms with van der Waals surface area (Å²) in [5.74, 6) is 1.70. The standard InChI is InChI=1S/C84H53B2N5OS2/c1-6-26-54(27-7-1)87(55-28-8-2-9-29-55)59-48-72-83-73(49-59)90(68-41-24-46-79-81(68)61-36-16-22-44-77(61)93-79)67-40-20-18-38-63(67)85(83)65-52-66-71(53-70(65)89(72)58-34-14-5-15-35-58)91(69-42-25-47-80-82(69)62-37-17-23-45-78(62)94-80)74-50-60(51-76-84(74)86(66)64-39-19-21-43-75(64)92-76)88(56-30-10-3-11-31-56)57-32-12-4-13-33-57/h1-53H. The number of benzene rings is 14. The zero-order chi connectivity index (χ0) is 61.5. The minimum Gasteiger partial charge on any atom is -0.458 e. The summed E-state index contributed by atoms with van der Waals surface area (Å²) in [6.45, 7) is -0.409. The Morgan fingerprint density at radius 3 is 1.22 bits per heavy atom. The van der Waals surface area contributed by atoms with Crippen LogP contribution in [0.3, 0.4) is 0 Å². The molecule has 0 saturated heterocycles. The number of nitrogens with zero attached hydrogens (tertiary/aromatic N) is 5. The smallest absolute Gasteiger partial charge is 0.256 e. The van der Waals surface area contributed by atoms with Crippen molar-refractivity contribution in [2.24, 2.45) is 0 Å². The Morgan fingerprint density at radius 2 is 0.660 bits per heavy atom. The first-order valence-electron chi connectivity index (χ1n) is 32.1. The van der Waals surface area contributed by atoms with Crippen molar-refractivity contribution in [1.82, 2.24) is 0 Å². The van der Waals surface area contributed by atoms with Gasteiger partial charge in [0.05, 0.1) is 22.7 Å². The lowest BCUT2D eigenvalue weighted by Gasteiger charge is -2.47. The summed E-state index contributed by atoms with van der Waals surface area (Å²) in [7, 11) is 0. The summed E-state index contributed by atoms with van der Waals surface area (Å²) in [5, 5.41) is 4.97. The number of para-hydroxylation sites is 7. The first kappa shape index (κ1) is 53.1. The fourth-order valence-corrected chi connectivity index (χ4v) is 18.1. The van der Waals surface area contributed by atoms with E-state index < -0.39 is 0 Å². The molecule has 0 saturated carbocycles. The molecule has 6 nitrogen and oxygen atoms in total. The number of hydrogen-bond donors (Lipinski definition) is 0. The van der Waals surface area contributed by atoms with E-state index in [2.05, 4.69) is 346 Å². The molecule has 94 heavy (non-hydrogen) atoms. The van der Waals surface area contributed by atoms with Crippen molar-refractivity contribution >= 4 is 195 Å². The molecule has 0 spiro atoms. The fraction of sp³-hybridized carbons (Fsp3) is 0. The Hall–Kier alpha value is -11.6. The van der Waals surface area contributed by atoms with Gasteiger partial charge in [-0.1, -0.05) is 182 Å². The second-order valence-corrected chi connectivity index (χ2v) is 26.8. The third-order valence-electron chi connectivity index (χ3n) is 19.6. The van der Waals surface area contributed by atoms with Crippen molar-refractivity contribution in [1.29, 1.82) is 0 Å². The summed E-state index contributed by atoms with van der Waals surface area (Å²) < 4.78 is 12.4. The normalized spacial score (nSPS) is 13.1. The summed E-state index contributed by atoms with van der Waals surface area (Å²) in [5.41, 5.74) is 23.6. The number of hydrogen-bond acceptors (Lipinski definition) is 8. The highest BCUT2D eigenvalue weighted by Gasteiger charge is 2.49. The minimum absolute atomic E-state index is 0.201. The van der Waals surface area contributed by atoms with Crippen LogP contribution >= 0.6 is 22.7 Å². The number of thiophene rings is 2. The lowest BCUT2D eigenvalue weighted by molar-refractivity contribution is 0.487. The van der Waals surface area contributed by atoms with Crippen molar-refractivity contribution < 1.29 is 4.74 Å². The molecule has 10 heteroatoms. The third-order valence-corrected chi connectivity index (χ3v) is 21.8. The molecule has 4 aliphatic heterocycles. The third kappa shape index (κ3) is 7.97. The predicted octanol–water partition coefficient (Wildman–Crippen LogP) is 19.8. The lowest BCUT2D eigenvalue weighted by atomic mass is 9.30. The van der Waals surface area contributed by atoms with Crippen molar-refractivity contribution in [2.45, 2.75) is 0 Å². The zero-order valence-corrected chi connectivity index (χ0v) is 52.3. The molecule has 0 bridgehead atoms. The van der Waals surface area contributed by atoms with E-state index in [4.69, 9.17) is 4.74 Å². The topological polar surface area (TPSA) is 25.4 Å². The van der Waals surface area contributed by atoms with Crippen molar-refractivity contribution in [3.8, 4) is 11.5 Å². The van der Waals surface area contributed by atoms with Crippen LogP contribution in [0.4, 0.5) is 85.3 Å². The zero-order valence-electron chi connectivity index (χ0n) is 50.7. The van der Waals surface area contributed by atoms with Crippen LogP contribution in [0.1, 0.15) is 0 Å². The molecule has 2 aromatic heterocycles. The number of rotatable bonds is 9. The van der Waals surface area contributed by atoms with Gasteiger partial charge in [-0.15, -0.1) is 22.7 Å². The van der Waals surface area contributed by atoms with E-state index in [1.165, 1.54) is 62.2 Å². The molecule has 0 radical (unpaired) electrons. The van der Waals surface area contributed by atoms with Gasteiger partial charge in [0.2, 0.25) is 0 Å². The maximum absolute atomic E-state index is 7.41. The van der Waals surface area contributed by atoms with Crippen LogP contribution in [0.25, 0.3) is 40.3 Å². The van der Waals surface area contributed by atoms with E-state index in [1.807, 2.05) is 22.7 Å². The Kier molecular flexibility index (Phi) is 11.9. The second-order valence-electron chi connectivity index (χ2n) is 24.7. The Morgan fingerprint density at radius 1 is 0.255 bits per heavy atom. The fourth-order valence-electron chi connectivity index (χ4n) is 15.8. The molecule has 14 aromatic carbocycles. The monoisotopic (exact) mass is 1230 g/mol. The highest BCUT2D eigenvalue weighted by molar-refractivity contribution is 7.26. The van der Waals surface area contributed by atoms with Crippen LogP contribution in [0, 0.1) is 0 Å². The van der Waals surface area contributed by atoms with E-state index in [-0.39, 0.29) is 13.4 Å². The van der Waals surface area contributed by atoms with Crippen molar-refractivity contribution in [2.75, 3.05) is 24.5 Å². The van der Waals surface area contributed by atoms with Gasteiger partial charge in [0.1, 0.15) is 11.5 Å². The Balaban J connectivity index is 0.923. The van der Waals surface area contributed by atoms with Crippen molar-refractivity contribution in [3.63, 3.8) is 0 Å². The van der Waals surface area contributed by atoms with Gasteiger partial charge in [-0.25, -0.2) is 0 Å². The highest BCUT2D eigenvalue weighted by Crippen LogP contribution is 2.54. The molecule has 438 valence electrons. The van der Waals surface area contributed by atoms with Crippen LogP contribution in [-0.4, -0.2) is 13.4 Å². The number of fused-ring (bicyclic) bond motifs is 14. The SMILES string of the molecule is c1ccc(N(c2ccccc2)c2cc3c4c(c2)N(c2cccc5sc6ccccc6c25)c2cc5c(cc2B4c2ccccc2O3)B2c3ccccc3N(c3cccc4sc6ccccc6c34)c3cc(N(c4ccccc4)c4ccccc4)cc(c32)N5c2ccccc2)cc1. The Bertz CT molecular complexity index is 5650. The van der Waals surface area contributed by atoms with E-state index in [0.717, 1.165) is 108 Å². The summed E-state index contributed by atoms with van der Waals surface area (Å²) in [6, 6.07) is 119. The molecule has 16 aromatic rings. The summed E-state index contributed by atoms with van der Waals surface area (Å²) in [4.78, 5) is 12.6. The van der Waals surface area contributed by atoms with Gasteiger partial charge in [0.15, 0.2) is 0 Å². The number of ether oxygens (including phenoxy) is 1. The molecule has 0 atom stereocenters. The molecular weight excluding hydrogens is 1180 g/mol. The van der Waals surface area contributed by atoms with Gasteiger partial charge in [0, 0.05) is 109 Å². The predicted molar refractivity (Wildman–Crippen MR) is 401 cm³/mol. The second kappa shape index (κ2) is 21.0. The molecule has 0 unspecified atom stereocenters. The van der Waals surface area contributed by atoms with Crippen LogP contribution in [-0.2, 0) is 0 Å². The Labute approximate surface area is 553 Å². The molecule has 6 heterocycles. The van der Waals surface area contributed by atoms with Gasteiger partial charge in [-0.05, 0) is 166 Å². The van der Waals surface area contributed by atoms with Crippen LogP contribution in [0.2, 0.25) is 0 Å². The minimum atomic E-state index is -0.209. The maximum Gasteiger partial charge on any atom is 0.256 e. The molecule has 4 aliphatic rings. The van der Waals surface area contributed by atoms with Crippen LogP contribution < -0.4 is 62.0 Å². The molecule has 0 N–H and O–H groups in total. The summed E-state index contributed by atoms with van der Waals surface area (Å²) >= 11 is 3.72. The molecule has 20 rings (SSSR count). The first-order chi connectivity index (χ1) is 46.7. The maximum atomic E-state index is 7.41. The van der Waals surface area contributed by atoms with E-state index in [1.54, 1.807) is 0 Å². The van der Waals surface area contributed by atoms with Gasteiger partial charge >= 0.3 is 0 Å². The van der Waals surface area contributed by atoms with Gasteiger partial charge in [0.25, 0.3) is 13.4 Å².